The van der Waals surface area contributed by atoms with Crippen LogP contribution in [-0.2, 0) is 0 Å². The Morgan fingerprint density at radius 3 is 2.69 bits per heavy atom. The maximum atomic E-state index is 10.9. The molecule has 1 aromatic rings. The fourth-order valence-corrected chi connectivity index (χ4v) is 0.847. The van der Waals surface area contributed by atoms with Gasteiger partial charge in [0.2, 0.25) is 0 Å². The van der Waals surface area contributed by atoms with Crippen molar-refractivity contribution in [3.8, 4) is 0 Å². The Morgan fingerprint density at radius 1 is 1.46 bits per heavy atom. The number of aromatic amines is 1. The number of H-pyrrole nitrogens is 1. The van der Waals surface area contributed by atoms with E-state index in [-0.39, 0.29) is 5.56 Å². The van der Waals surface area contributed by atoms with Crippen LogP contribution in [0, 0.1) is 5.92 Å². The van der Waals surface area contributed by atoms with Crippen LogP contribution in [0.25, 0.3) is 0 Å². The normalized spacial score (nSPS) is 12.9. The largest absolute Gasteiger partial charge is 0.367 e. The van der Waals surface area contributed by atoms with Crippen LogP contribution < -0.4 is 10.9 Å². The smallest absolute Gasteiger partial charge is 0.252 e. The first kappa shape index (κ1) is 9.77. The number of anilines is 1. The van der Waals surface area contributed by atoms with Crippen LogP contribution in [-0.4, -0.2) is 16.0 Å². The monoisotopic (exact) mass is 181 g/mol. The third-order valence-electron chi connectivity index (χ3n) is 2.05. The molecule has 0 aliphatic carbocycles. The van der Waals surface area contributed by atoms with Crippen molar-refractivity contribution in [2.45, 2.75) is 26.8 Å². The maximum absolute atomic E-state index is 10.9. The molecule has 72 valence electrons. The highest BCUT2D eigenvalue weighted by atomic mass is 16.1. The summed E-state index contributed by atoms with van der Waals surface area (Å²) in [6, 6.07) is 1.77. The van der Waals surface area contributed by atoms with Gasteiger partial charge in [0.1, 0.15) is 5.82 Å². The molecule has 0 fully saturated rings. The zero-order valence-electron chi connectivity index (χ0n) is 8.16. The summed E-state index contributed by atoms with van der Waals surface area (Å²) in [6.45, 7) is 6.29. The Labute approximate surface area is 77.4 Å². The quantitative estimate of drug-likeness (QED) is 0.737. The minimum Gasteiger partial charge on any atom is -0.367 e. The van der Waals surface area contributed by atoms with Gasteiger partial charge in [-0.1, -0.05) is 13.8 Å². The number of rotatable bonds is 3. The second kappa shape index (κ2) is 4.07. The Kier molecular flexibility index (Phi) is 3.06. The molecule has 0 spiro atoms. The molecule has 0 saturated heterocycles. The van der Waals surface area contributed by atoms with E-state index < -0.39 is 0 Å². The van der Waals surface area contributed by atoms with Gasteiger partial charge in [0, 0.05) is 12.1 Å². The van der Waals surface area contributed by atoms with Gasteiger partial charge in [-0.2, -0.15) is 0 Å². The third-order valence-corrected chi connectivity index (χ3v) is 2.05. The van der Waals surface area contributed by atoms with Crippen LogP contribution in [0.1, 0.15) is 20.8 Å². The van der Waals surface area contributed by atoms with Crippen molar-refractivity contribution < 1.29 is 0 Å². The lowest BCUT2D eigenvalue weighted by Crippen LogP contribution is -2.23. The molecule has 1 unspecified atom stereocenters. The molecule has 1 atom stereocenters. The van der Waals surface area contributed by atoms with Gasteiger partial charge in [0.15, 0.2) is 0 Å². The van der Waals surface area contributed by atoms with E-state index in [2.05, 4.69) is 36.1 Å². The molecule has 0 bridgehead atoms. The lowest BCUT2D eigenvalue weighted by molar-refractivity contribution is 0.558. The molecular weight excluding hydrogens is 166 g/mol. The molecule has 0 aliphatic heterocycles. The average molecular weight is 181 g/mol. The molecule has 0 aliphatic rings. The Hall–Kier alpha value is -1.32. The van der Waals surface area contributed by atoms with E-state index in [1.807, 2.05) is 0 Å². The number of nitrogens with zero attached hydrogens (tertiary/aromatic N) is 1. The van der Waals surface area contributed by atoms with Gasteiger partial charge in [0.05, 0.1) is 6.33 Å². The molecule has 2 N–H and O–H groups in total. The third kappa shape index (κ3) is 2.89. The van der Waals surface area contributed by atoms with E-state index >= 15 is 0 Å². The molecule has 0 saturated carbocycles. The van der Waals surface area contributed by atoms with Gasteiger partial charge >= 0.3 is 0 Å². The Balaban J connectivity index is 2.69. The van der Waals surface area contributed by atoms with Crippen LogP contribution in [0.5, 0.6) is 0 Å². The number of nitrogens with one attached hydrogen (secondary N) is 2. The van der Waals surface area contributed by atoms with Crippen molar-refractivity contribution >= 4 is 5.82 Å². The van der Waals surface area contributed by atoms with Crippen LogP contribution in [0.2, 0.25) is 0 Å². The average Bonchev–Trinajstić information content (AvgIpc) is 2.04. The molecule has 1 rings (SSSR count). The molecule has 0 radical (unpaired) electrons. The molecule has 0 aromatic carbocycles. The molecule has 1 heterocycles. The summed E-state index contributed by atoms with van der Waals surface area (Å²) in [5.74, 6) is 1.14. The minimum absolute atomic E-state index is 0.131. The van der Waals surface area contributed by atoms with Crippen LogP contribution in [0.15, 0.2) is 17.2 Å². The van der Waals surface area contributed by atoms with Crippen LogP contribution in [0.3, 0.4) is 0 Å². The second-order valence-electron chi connectivity index (χ2n) is 3.47. The van der Waals surface area contributed by atoms with Gasteiger partial charge in [-0.3, -0.25) is 4.79 Å². The van der Waals surface area contributed by atoms with Crippen molar-refractivity contribution in [2.75, 3.05) is 5.32 Å². The Bertz CT molecular complexity index is 319. The van der Waals surface area contributed by atoms with E-state index in [1.165, 1.54) is 12.4 Å². The van der Waals surface area contributed by atoms with Crippen molar-refractivity contribution in [1.82, 2.24) is 9.97 Å². The zero-order valence-corrected chi connectivity index (χ0v) is 8.16. The van der Waals surface area contributed by atoms with Gasteiger partial charge in [0.25, 0.3) is 5.56 Å². The van der Waals surface area contributed by atoms with Crippen LogP contribution in [0.4, 0.5) is 5.82 Å². The number of hydrogen-bond acceptors (Lipinski definition) is 3. The summed E-state index contributed by atoms with van der Waals surface area (Å²) >= 11 is 0. The summed E-state index contributed by atoms with van der Waals surface area (Å²) in [4.78, 5) is 17.4. The molecular formula is C9H15N3O. The molecule has 4 heteroatoms. The lowest BCUT2D eigenvalue weighted by Gasteiger charge is -2.17. The van der Waals surface area contributed by atoms with Crippen molar-refractivity contribution in [3.05, 3.63) is 22.7 Å². The van der Waals surface area contributed by atoms with E-state index in [4.69, 9.17) is 0 Å². The summed E-state index contributed by atoms with van der Waals surface area (Å²) < 4.78 is 0. The fourth-order valence-electron chi connectivity index (χ4n) is 0.847. The fraction of sp³-hybridized carbons (Fsp3) is 0.556. The first-order chi connectivity index (χ1) is 6.09. The second-order valence-corrected chi connectivity index (χ2v) is 3.47. The maximum Gasteiger partial charge on any atom is 0.252 e. The molecule has 4 nitrogen and oxygen atoms in total. The van der Waals surface area contributed by atoms with Crippen LogP contribution >= 0.6 is 0 Å². The predicted octanol–water partition coefficient (Wildman–Crippen LogP) is 1.23. The minimum atomic E-state index is -0.131. The Morgan fingerprint density at radius 2 is 2.15 bits per heavy atom. The zero-order chi connectivity index (χ0) is 9.84. The highest BCUT2D eigenvalue weighted by Gasteiger charge is 2.06. The van der Waals surface area contributed by atoms with Crippen molar-refractivity contribution in [2.24, 2.45) is 5.92 Å². The summed E-state index contributed by atoms with van der Waals surface area (Å²) in [5, 5.41) is 3.15. The van der Waals surface area contributed by atoms with Crippen molar-refractivity contribution in [1.29, 1.82) is 0 Å². The first-order valence-electron chi connectivity index (χ1n) is 4.41. The van der Waals surface area contributed by atoms with E-state index in [9.17, 15) is 4.79 Å². The highest BCUT2D eigenvalue weighted by Crippen LogP contribution is 2.06. The number of hydrogen-bond donors (Lipinski definition) is 2. The van der Waals surface area contributed by atoms with Gasteiger partial charge < -0.3 is 10.3 Å². The first-order valence-corrected chi connectivity index (χ1v) is 4.41. The van der Waals surface area contributed by atoms with Gasteiger partial charge in [-0.05, 0) is 12.8 Å². The SMILES string of the molecule is CC(C)C(C)Nc1cc(=O)[nH]cn1. The van der Waals surface area contributed by atoms with Gasteiger partial charge in [-0.25, -0.2) is 4.98 Å². The highest BCUT2D eigenvalue weighted by molar-refractivity contribution is 5.32. The van der Waals surface area contributed by atoms with E-state index in [1.54, 1.807) is 0 Å². The van der Waals surface area contributed by atoms with E-state index in [0.29, 0.717) is 17.8 Å². The number of aromatic nitrogens is 2. The summed E-state index contributed by atoms with van der Waals surface area (Å²) in [7, 11) is 0. The standard InChI is InChI=1S/C9H15N3O/c1-6(2)7(3)12-8-4-9(13)11-5-10-8/h4-7H,1-3H3,(H2,10,11,12,13). The predicted molar refractivity (Wildman–Crippen MR) is 52.8 cm³/mol. The topological polar surface area (TPSA) is 57.8 Å². The molecule has 13 heavy (non-hydrogen) atoms. The molecule has 1 aromatic heterocycles. The summed E-state index contributed by atoms with van der Waals surface area (Å²) in [6.07, 6.45) is 1.40. The lowest BCUT2D eigenvalue weighted by atomic mass is 10.1. The van der Waals surface area contributed by atoms with Gasteiger partial charge in [-0.15, -0.1) is 0 Å². The summed E-state index contributed by atoms with van der Waals surface area (Å²) in [5.41, 5.74) is -0.131. The van der Waals surface area contributed by atoms with E-state index in [0.717, 1.165) is 0 Å². The molecule has 0 amide bonds. The van der Waals surface area contributed by atoms with Crippen molar-refractivity contribution in [3.63, 3.8) is 0 Å².